The highest BCUT2D eigenvalue weighted by Crippen LogP contribution is 2.26. The van der Waals surface area contributed by atoms with Crippen LogP contribution < -0.4 is 14.9 Å². The van der Waals surface area contributed by atoms with E-state index >= 15 is 0 Å². The summed E-state index contributed by atoms with van der Waals surface area (Å²) in [6.45, 7) is 1.76. The molecule has 0 radical (unpaired) electrons. The second kappa shape index (κ2) is 8.88. The van der Waals surface area contributed by atoms with E-state index in [-0.39, 0.29) is 5.56 Å². The zero-order valence-corrected chi connectivity index (χ0v) is 18.5. The van der Waals surface area contributed by atoms with Gasteiger partial charge in [-0.05, 0) is 36.3 Å². The van der Waals surface area contributed by atoms with E-state index in [2.05, 4.69) is 4.99 Å². The first-order valence-corrected chi connectivity index (χ1v) is 10.8. The summed E-state index contributed by atoms with van der Waals surface area (Å²) in [4.78, 5) is 30.9. The number of carbonyl (C=O) groups is 1. The van der Waals surface area contributed by atoms with Crippen LogP contribution in [0.3, 0.4) is 0 Å². The predicted molar refractivity (Wildman–Crippen MR) is 124 cm³/mol. The number of hydrogen-bond acceptors (Lipinski definition) is 5. The molecule has 1 aromatic heterocycles. The highest BCUT2D eigenvalue weighted by Gasteiger charge is 2.29. The summed E-state index contributed by atoms with van der Waals surface area (Å²) in [6, 6.07) is 16.3. The fourth-order valence-corrected chi connectivity index (χ4v) is 4.58. The highest BCUT2D eigenvalue weighted by atomic mass is 35.5. The second-order valence-electron chi connectivity index (χ2n) is 6.94. The highest BCUT2D eigenvalue weighted by molar-refractivity contribution is 7.07. The van der Waals surface area contributed by atoms with Gasteiger partial charge in [-0.2, -0.15) is 0 Å². The molecule has 0 spiro atoms. The van der Waals surface area contributed by atoms with Gasteiger partial charge in [0.25, 0.3) is 5.56 Å². The average Bonchev–Trinajstić information content (AvgIpc) is 3.08. The van der Waals surface area contributed by atoms with Crippen molar-refractivity contribution in [3.63, 3.8) is 0 Å². The van der Waals surface area contributed by atoms with Crippen molar-refractivity contribution < 1.29 is 9.53 Å². The van der Waals surface area contributed by atoms with Gasteiger partial charge < -0.3 is 4.74 Å². The van der Waals surface area contributed by atoms with Crippen LogP contribution >= 0.6 is 22.9 Å². The Balaban J connectivity index is 1.88. The molecule has 0 bridgehead atoms. The topological polar surface area (TPSA) is 60.7 Å². The molecule has 2 aromatic carbocycles. The number of ether oxygens (including phenoxy) is 1. The van der Waals surface area contributed by atoms with Crippen LogP contribution in [0.4, 0.5) is 0 Å². The molecule has 156 valence electrons. The van der Waals surface area contributed by atoms with Gasteiger partial charge in [0.05, 0.1) is 29.0 Å². The normalized spacial score (nSPS) is 16.4. The van der Waals surface area contributed by atoms with Gasteiger partial charge in [-0.25, -0.2) is 9.79 Å². The molecule has 1 atom stereocenters. The molecule has 0 N–H and O–H groups in total. The third-order valence-electron chi connectivity index (χ3n) is 4.91. The molecule has 0 fully saturated rings. The SMILES string of the molecule is COC(=O)C1=C(C)N=c2s/c(=C\c3ccc(Cl)cc3)c(=O)n2[C@@H]1/C=C/c1ccccc1. The zero-order chi connectivity index (χ0) is 22.0. The summed E-state index contributed by atoms with van der Waals surface area (Å²) < 4.78 is 7.06. The number of aromatic nitrogens is 1. The van der Waals surface area contributed by atoms with E-state index in [0.29, 0.717) is 25.6 Å². The number of methoxy groups -OCH3 is 1. The molecule has 4 rings (SSSR count). The number of thiazole rings is 1. The van der Waals surface area contributed by atoms with Crippen LogP contribution in [-0.2, 0) is 9.53 Å². The molecular formula is C24H19ClN2O3S. The van der Waals surface area contributed by atoms with Gasteiger partial charge in [-0.1, -0.05) is 77.6 Å². The molecule has 0 saturated heterocycles. The van der Waals surface area contributed by atoms with E-state index in [0.717, 1.165) is 11.1 Å². The summed E-state index contributed by atoms with van der Waals surface area (Å²) >= 11 is 7.25. The smallest absolute Gasteiger partial charge is 0.338 e. The molecule has 0 aliphatic carbocycles. The van der Waals surface area contributed by atoms with Crippen molar-refractivity contribution in [2.45, 2.75) is 13.0 Å². The van der Waals surface area contributed by atoms with Crippen LogP contribution in [0.15, 0.2) is 81.7 Å². The molecule has 0 unspecified atom stereocenters. The van der Waals surface area contributed by atoms with Gasteiger partial charge in [0.1, 0.15) is 0 Å². The van der Waals surface area contributed by atoms with Crippen molar-refractivity contribution in [1.82, 2.24) is 4.57 Å². The van der Waals surface area contributed by atoms with Gasteiger partial charge >= 0.3 is 5.97 Å². The maximum atomic E-state index is 13.3. The van der Waals surface area contributed by atoms with Gasteiger partial charge in [-0.3, -0.25) is 9.36 Å². The molecule has 2 heterocycles. The lowest BCUT2D eigenvalue weighted by Crippen LogP contribution is -2.38. The minimum atomic E-state index is -0.615. The van der Waals surface area contributed by atoms with Gasteiger partial charge in [0.15, 0.2) is 4.80 Å². The minimum absolute atomic E-state index is 0.213. The van der Waals surface area contributed by atoms with Crippen molar-refractivity contribution in [3.05, 3.63) is 108 Å². The number of rotatable bonds is 4. The Morgan fingerprint density at radius 2 is 1.84 bits per heavy atom. The van der Waals surface area contributed by atoms with Gasteiger partial charge in [0.2, 0.25) is 0 Å². The van der Waals surface area contributed by atoms with Crippen molar-refractivity contribution in [1.29, 1.82) is 0 Å². The molecular weight excluding hydrogens is 432 g/mol. The Labute approximate surface area is 187 Å². The second-order valence-corrected chi connectivity index (χ2v) is 8.38. The Hall–Kier alpha value is -3.22. The number of fused-ring (bicyclic) bond motifs is 1. The summed E-state index contributed by atoms with van der Waals surface area (Å²) in [5, 5.41) is 0.628. The van der Waals surface area contributed by atoms with Gasteiger partial charge in [-0.15, -0.1) is 0 Å². The largest absolute Gasteiger partial charge is 0.466 e. The third kappa shape index (κ3) is 4.31. The number of halogens is 1. The number of hydrogen-bond donors (Lipinski definition) is 0. The fourth-order valence-electron chi connectivity index (χ4n) is 3.39. The fraction of sp³-hybridized carbons (Fsp3) is 0.125. The molecule has 5 nitrogen and oxygen atoms in total. The predicted octanol–water partition coefficient (Wildman–Crippen LogP) is 3.73. The average molecular weight is 451 g/mol. The molecule has 0 amide bonds. The number of benzene rings is 2. The summed E-state index contributed by atoms with van der Waals surface area (Å²) in [5.41, 5.74) is 2.49. The van der Waals surface area contributed by atoms with Crippen LogP contribution in [-0.4, -0.2) is 17.6 Å². The van der Waals surface area contributed by atoms with Crippen molar-refractivity contribution in [2.24, 2.45) is 4.99 Å². The minimum Gasteiger partial charge on any atom is -0.466 e. The van der Waals surface area contributed by atoms with E-state index in [9.17, 15) is 9.59 Å². The molecule has 0 saturated carbocycles. The maximum Gasteiger partial charge on any atom is 0.338 e. The maximum absolute atomic E-state index is 13.3. The Morgan fingerprint density at radius 1 is 1.13 bits per heavy atom. The summed E-state index contributed by atoms with van der Waals surface area (Å²) in [5.74, 6) is -0.504. The molecule has 1 aliphatic rings. The van der Waals surface area contributed by atoms with E-state index in [1.54, 1.807) is 29.7 Å². The third-order valence-corrected chi connectivity index (χ3v) is 6.14. The van der Waals surface area contributed by atoms with E-state index in [1.165, 1.54) is 18.4 Å². The summed E-state index contributed by atoms with van der Waals surface area (Å²) in [6.07, 6.45) is 5.53. The lowest BCUT2D eigenvalue weighted by Gasteiger charge is -2.21. The standard InChI is InChI=1S/C24H19ClN2O3S/c1-15-21(23(29)30-2)19(13-10-16-6-4-3-5-7-16)27-22(28)20(31-24(27)26-15)14-17-8-11-18(25)12-9-17/h3-14,19H,1-2H3/b13-10+,20-14-/t19-/m1/s1. The van der Waals surface area contributed by atoms with E-state index in [4.69, 9.17) is 16.3 Å². The Kier molecular flexibility index (Phi) is 6.02. The lowest BCUT2D eigenvalue weighted by molar-refractivity contribution is -0.136. The van der Waals surface area contributed by atoms with Crippen molar-refractivity contribution in [2.75, 3.05) is 7.11 Å². The molecule has 3 aromatic rings. The van der Waals surface area contributed by atoms with Crippen LogP contribution in [0.1, 0.15) is 24.1 Å². The molecule has 31 heavy (non-hydrogen) atoms. The molecule has 7 heteroatoms. The quantitative estimate of drug-likeness (QED) is 0.569. The van der Waals surface area contributed by atoms with E-state index in [1.807, 2.05) is 54.6 Å². The summed E-state index contributed by atoms with van der Waals surface area (Å²) in [7, 11) is 1.33. The van der Waals surface area contributed by atoms with Crippen LogP contribution in [0.25, 0.3) is 12.2 Å². The zero-order valence-electron chi connectivity index (χ0n) is 16.9. The molecule has 1 aliphatic heterocycles. The van der Waals surface area contributed by atoms with E-state index < -0.39 is 12.0 Å². The van der Waals surface area contributed by atoms with Gasteiger partial charge in [0, 0.05) is 5.02 Å². The van der Waals surface area contributed by atoms with Crippen molar-refractivity contribution in [3.8, 4) is 0 Å². The number of nitrogens with zero attached hydrogens (tertiary/aromatic N) is 2. The first kappa shape index (κ1) is 21.0. The Bertz CT molecular complexity index is 1370. The monoisotopic (exact) mass is 450 g/mol. The van der Waals surface area contributed by atoms with Crippen LogP contribution in [0.5, 0.6) is 0 Å². The number of esters is 1. The van der Waals surface area contributed by atoms with Crippen LogP contribution in [0, 0.1) is 0 Å². The number of allylic oxidation sites excluding steroid dienone is 2. The first-order valence-electron chi connectivity index (χ1n) is 9.57. The van der Waals surface area contributed by atoms with Crippen LogP contribution in [0.2, 0.25) is 5.02 Å². The lowest BCUT2D eigenvalue weighted by atomic mass is 10.0. The Morgan fingerprint density at radius 3 is 2.52 bits per heavy atom. The van der Waals surface area contributed by atoms with Crippen molar-refractivity contribution >= 4 is 41.1 Å². The number of carbonyl (C=O) groups excluding carboxylic acids is 1. The first-order chi connectivity index (χ1) is 15.0.